The zero-order valence-corrected chi connectivity index (χ0v) is 17.9. The lowest BCUT2D eigenvalue weighted by atomic mass is 10.2. The van der Waals surface area contributed by atoms with E-state index < -0.39 is 0 Å². The summed E-state index contributed by atoms with van der Waals surface area (Å²) in [6.07, 6.45) is 4.28. The summed E-state index contributed by atoms with van der Waals surface area (Å²) in [4.78, 5) is 25.9. The Morgan fingerprint density at radius 1 is 1.29 bits per heavy atom. The number of nitrogens with one attached hydrogen (secondary N) is 1. The first kappa shape index (κ1) is 20.9. The molecule has 0 radical (unpaired) electrons. The first-order valence-corrected chi connectivity index (χ1v) is 11.1. The van der Waals surface area contributed by atoms with Gasteiger partial charge in [0.2, 0.25) is 0 Å². The van der Waals surface area contributed by atoms with Crippen molar-refractivity contribution in [2.24, 2.45) is 0 Å². The number of piperazine rings is 1. The molecule has 0 unspecified atom stereocenters. The molecular weight excluding hydrogens is 394 g/mol. The van der Waals surface area contributed by atoms with E-state index in [1.165, 1.54) is 17.4 Å². The molecule has 3 rings (SSSR count). The fourth-order valence-electron chi connectivity index (χ4n) is 3.28. The van der Waals surface area contributed by atoms with Crippen molar-refractivity contribution in [3.05, 3.63) is 46.7 Å². The maximum Gasteiger partial charge on any atom is 0.254 e. The van der Waals surface area contributed by atoms with E-state index in [1.54, 1.807) is 6.20 Å². The van der Waals surface area contributed by atoms with E-state index in [2.05, 4.69) is 31.2 Å². The molecule has 1 aromatic carbocycles. The molecule has 1 N–H and O–H groups in total. The SMILES string of the molecule is CCc1nc(SC)ncc1C(=O)NCCN1CCN(c2cccc(Cl)c2)CC1. The van der Waals surface area contributed by atoms with Crippen LogP contribution in [0.3, 0.4) is 0 Å². The molecule has 1 aliphatic rings. The number of carbonyl (C=O) groups excluding carboxylic acids is 1. The number of aromatic nitrogens is 2. The van der Waals surface area contributed by atoms with Crippen molar-refractivity contribution in [3.63, 3.8) is 0 Å². The highest BCUT2D eigenvalue weighted by atomic mass is 35.5. The number of benzene rings is 1. The molecular formula is C20H26ClN5OS. The van der Waals surface area contributed by atoms with E-state index in [1.807, 2.05) is 31.4 Å². The van der Waals surface area contributed by atoms with E-state index >= 15 is 0 Å². The number of carbonyl (C=O) groups is 1. The quantitative estimate of drug-likeness (QED) is 0.550. The van der Waals surface area contributed by atoms with Crippen LogP contribution in [0.1, 0.15) is 23.0 Å². The second-order valence-corrected chi connectivity index (χ2v) is 7.84. The second kappa shape index (κ2) is 10.1. The number of thioether (sulfide) groups is 1. The average molecular weight is 420 g/mol. The molecule has 6 nitrogen and oxygen atoms in total. The molecule has 1 fully saturated rings. The predicted octanol–water partition coefficient (Wildman–Crippen LogP) is 2.97. The molecule has 2 heterocycles. The fourth-order valence-corrected chi connectivity index (χ4v) is 3.83. The van der Waals surface area contributed by atoms with E-state index in [0.29, 0.717) is 23.7 Å². The largest absolute Gasteiger partial charge is 0.369 e. The monoisotopic (exact) mass is 419 g/mol. The molecule has 2 aromatic rings. The molecule has 0 atom stereocenters. The van der Waals surface area contributed by atoms with Gasteiger partial charge < -0.3 is 10.2 Å². The van der Waals surface area contributed by atoms with Crippen molar-refractivity contribution in [1.29, 1.82) is 0 Å². The van der Waals surface area contributed by atoms with Crippen molar-refractivity contribution in [2.45, 2.75) is 18.5 Å². The van der Waals surface area contributed by atoms with Gasteiger partial charge in [-0.15, -0.1) is 0 Å². The van der Waals surface area contributed by atoms with E-state index in [4.69, 9.17) is 11.6 Å². The van der Waals surface area contributed by atoms with Crippen molar-refractivity contribution in [3.8, 4) is 0 Å². The molecule has 0 saturated carbocycles. The Labute approximate surface area is 175 Å². The minimum Gasteiger partial charge on any atom is -0.369 e. The Morgan fingerprint density at radius 2 is 2.07 bits per heavy atom. The smallest absolute Gasteiger partial charge is 0.254 e. The fraction of sp³-hybridized carbons (Fsp3) is 0.450. The summed E-state index contributed by atoms with van der Waals surface area (Å²) in [5.41, 5.74) is 2.54. The maximum absolute atomic E-state index is 12.5. The van der Waals surface area contributed by atoms with Crippen LogP contribution in [0.2, 0.25) is 5.02 Å². The van der Waals surface area contributed by atoms with Crippen molar-refractivity contribution in [1.82, 2.24) is 20.2 Å². The summed E-state index contributed by atoms with van der Waals surface area (Å²) in [6, 6.07) is 7.98. The topological polar surface area (TPSA) is 61.4 Å². The van der Waals surface area contributed by atoms with Crippen LogP contribution in [0.25, 0.3) is 0 Å². The molecule has 150 valence electrons. The summed E-state index contributed by atoms with van der Waals surface area (Å²) >= 11 is 7.58. The minimum atomic E-state index is -0.0953. The molecule has 0 aliphatic carbocycles. The van der Waals surface area contributed by atoms with Crippen LogP contribution < -0.4 is 10.2 Å². The van der Waals surface area contributed by atoms with Gasteiger partial charge in [0.25, 0.3) is 5.91 Å². The standard InChI is InChI=1S/C20H26ClN5OS/c1-3-18-17(14-23-20(24-18)28-2)19(27)22-7-8-25-9-11-26(12-10-25)16-6-4-5-15(21)13-16/h4-6,13-14H,3,7-12H2,1-2H3,(H,22,27). The zero-order valence-electron chi connectivity index (χ0n) is 16.3. The molecule has 1 aromatic heterocycles. The van der Waals surface area contributed by atoms with E-state index in [9.17, 15) is 4.79 Å². The van der Waals surface area contributed by atoms with Gasteiger partial charge in [-0.1, -0.05) is 36.4 Å². The average Bonchev–Trinajstić information content (AvgIpc) is 2.73. The molecule has 1 amide bonds. The second-order valence-electron chi connectivity index (χ2n) is 6.64. The van der Waals surface area contributed by atoms with Crippen LogP contribution in [0.4, 0.5) is 5.69 Å². The number of nitrogens with zero attached hydrogens (tertiary/aromatic N) is 4. The number of hydrogen-bond donors (Lipinski definition) is 1. The Kier molecular flexibility index (Phi) is 7.53. The van der Waals surface area contributed by atoms with Gasteiger partial charge in [0.1, 0.15) is 0 Å². The van der Waals surface area contributed by atoms with Crippen molar-refractivity contribution in [2.75, 3.05) is 50.4 Å². The molecule has 1 saturated heterocycles. The first-order valence-electron chi connectivity index (χ1n) is 9.51. The number of amides is 1. The number of hydrogen-bond acceptors (Lipinski definition) is 6. The lowest BCUT2D eigenvalue weighted by Gasteiger charge is -2.36. The Morgan fingerprint density at radius 3 is 2.75 bits per heavy atom. The predicted molar refractivity (Wildman–Crippen MR) is 116 cm³/mol. The molecule has 8 heteroatoms. The summed E-state index contributed by atoms with van der Waals surface area (Å²) in [5.74, 6) is -0.0953. The van der Waals surface area contributed by atoms with Gasteiger partial charge in [-0.05, 0) is 30.9 Å². The van der Waals surface area contributed by atoms with E-state index in [0.717, 1.165) is 43.4 Å². The van der Waals surface area contributed by atoms with Crippen LogP contribution in [-0.4, -0.2) is 66.3 Å². The minimum absolute atomic E-state index is 0.0953. The maximum atomic E-state index is 12.5. The van der Waals surface area contributed by atoms with Gasteiger partial charge in [0.15, 0.2) is 5.16 Å². The number of aryl methyl sites for hydroxylation is 1. The third kappa shape index (κ3) is 5.37. The van der Waals surface area contributed by atoms with Crippen LogP contribution in [0.5, 0.6) is 0 Å². The third-order valence-electron chi connectivity index (χ3n) is 4.87. The highest BCUT2D eigenvalue weighted by molar-refractivity contribution is 7.98. The summed E-state index contributed by atoms with van der Waals surface area (Å²) < 4.78 is 0. The lowest BCUT2D eigenvalue weighted by molar-refractivity contribution is 0.0945. The number of halogens is 1. The van der Waals surface area contributed by atoms with Crippen LogP contribution >= 0.6 is 23.4 Å². The Bertz CT molecular complexity index is 811. The van der Waals surface area contributed by atoms with E-state index in [-0.39, 0.29) is 5.91 Å². The highest BCUT2D eigenvalue weighted by Crippen LogP contribution is 2.20. The van der Waals surface area contributed by atoms with Gasteiger partial charge in [-0.25, -0.2) is 9.97 Å². The summed E-state index contributed by atoms with van der Waals surface area (Å²) in [6.45, 7) is 7.30. The molecule has 0 bridgehead atoms. The van der Waals surface area contributed by atoms with Gasteiger partial charge >= 0.3 is 0 Å². The lowest BCUT2D eigenvalue weighted by Crippen LogP contribution is -2.48. The summed E-state index contributed by atoms with van der Waals surface area (Å²) in [5, 5.41) is 4.48. The number of anilines is 1. The first-order chi connectivity index (χ1) is 13.6. The highest BCUT2D eigenvalue weighted by Gasteiger charge is 2.18. The Balaban J connectivity index is 1.45. The number of rotatable bonds is 7. The van der Waals surface area contributed by atoms with Gasteiger partial charge in [0, 0.05) is 56.2 Å². The zero-order chi connectivity index (χ0) is 19.9. The Hall–Kier alpha value is -1.83. The van der Waals surface area contributed by atoms with Crippen molar-refractivity contribution < 1.29 is 4.79 Å². The molecule has 28 heavy (non-hydrogen) atoms. The molecule has 1 aliphatic heterocycles. The summed E-state index contributed by atoms with van der Waals surface area (Å²) in [7, 11) is 0. The van der Waals surface area contributed by atoms with Gasteiger partial charge in [0.05, 0.1) is 11.3 Å². The van der Waals surface area contributed by atoms with Crippen LogP contribution in [0, 0.1) is 0 Å². The normalized spacial score (nSPS) is 14.9. The van der Waals surface area contributed by atoms with Crippen molar-refractivity contribution >= 4 is 35.0 Å². The third-order valence-corrected chi connectivity index (χ3v) is 5.66. The molecule has 0 spiro atoms. The van der Waals surface area contributed by atoms with Crippen LogP contribution in [0.15, 0.2) is 35.6 Å². The van der Waals surface area contributed by atoms with Gasteiger partial charge in [-0.2, -0.15) is 0 Å². The van der Waals surface area contributed by atoms with Gasteiger partial charge in [-0.3, -0.25) is 9.69 Å². The van der Waals surface area contributed by atoms with Crippen LogP contribution in [-0.2, 0) is 6.42 Å².